The van der Waals surface area contributed by atoms with Crippen LogP contribution in [0.25, 0.3) is 0 Å². The highest BCUT2D eigenvalue weighted by Gasteiger charge is 2.47. The number of anilines is 1. The second-order valence-corrected chi connectivity index (χ2v) is 5.72. The second-order valence-electron chi connectivity index (χ2n) is 5.72. The number of halogens is 3. The van der Waals surface area contributed by atoms with Gasteiger partial charge in [-0.25, -0.2) is 4.98 Å². The van der Waals surface area contributed by atoms with Gasteiger partial charge in [-0.15, -0.1) is 0 Å². The van der Waals surface area contributed by atoms with Crippen molar-refractivity contribution in [2.45, 2.75) is 44.8 Å². The van der Waals surface area contributed by atoms with E-state index in [1.165, 1.54) is 12.3 Å². The summed E-state index contributed by atoms with van der Waals surface area (Å²) < 4.78 is 38.8. The van der Waals surface area contributed by atoms with E-state index in [1.54, 1.807) is 13.0 Å². The number of alkyl halides is 3. The lowest BCUT2D eigenvalue weighted by Gasteiger charge is -2.36. The van der Waals surface area contributed by atoms with Crippen LogP contribution in [-0.4, -0.2) is 34.2 Å². The molecule has 0 aliphatic heterocycles. The number of rotatable bonds is 3. The summed E-state index contributed by atoms with van der Waals surface area (Å²) in [6.45, 7) is 1.73. The molecule has 8 heteroatoms. The maximum atomic E-state index is 12.9. The highest BCUT2D eigenvalue weighted by Crippen LogP contribution is 2.33. The monoisotopic (exact) mass is 330 g/mol. The number of amides is 1. The minimum atomic E-state index is -5.04. The van der Waals surface area contributed by atoms with E-state index in [1.807, 2.05) is 0 Å². The topological polar surface area (TPSA) is 70.5 Å². The van der Waals surface area contributed by atoms with Crippen molar-refractivity contribution in [1.82, 2.24) is 4.98 Å². The van der Waals surface area contributed by atoms with Gasteiger partial charge in [-0.1, -0.05) is 12.5 Å². The first-order chi connectivity index (χ1) is 10.7. The van der Waals surface area contributed by atoms with Crippen molar-refractivity contribution in [3.05, 3.63) is 23.9 Å². The summed E-state index contributed by atoms with van der Waals surface area (Å²) in [5.74, 6) is -3.91. The molecule has 2 atom stereocenters. The van der Waals surface area contributed by atoms with Crippen LogP contribution in [0.1, 0.15) is 31.2 Å². The van der Waals surface area contributed by atoms with Gasteiger partial charge in [0.1, 0.15) is 5.82 Å². The minimum absolute atomic E-state index is 0.00723. The van der Waals surface area contributed by atoms with Gasteiger partial charge < -0.3 is 5.11 Å². The van der Waals surface area contributed by atoms with Gasteiger partial charge in [0, 0.05) is 12.2 Å². The molecule has 2 rings (SSSR count). The van der Waals surface area contributed by atoms with Crippen LogP contribution in [0.4, 0.5) is 19.0 Å². The number of aryl methyl sites for hydroxylation is 1. The zero-order chi connectivity index (χ0) is 17.2. The highest BCUT2D eigenvalue weighted by molar-refractivity contribution is 5.97. The maximum Gasteiger partial charge on any atom is 0.471 e. The molecule has 0 bridgehead atoms. The summed E-state index contributed by atoms with van der Waals surface area (Å²) in [4.78, 5) is 27.5. The molecule has 5 nitrogen and oxygen atoms in total. The smallest absolute Gasteiger partial charge is 0.471 e. The number of carbonyl (C=O) groups excluding carboxylic acids is 1. The third-order valence-electron chi connectivity index (χ3n) is 3.96. The lowest BCUT2D eigenvalue weighted by molar-refractivity contribution is -0.171. The molecule has 0 aromatic carbocycles. The fourth-order valence-electron chi connectivity index (χ4n) is 2.82. The Hall–Kier alpha value is -2.12. The Bertz CT molecular complexity index is 587. The Balaban J connectivity index is 2.35. The van der Waals surface area contributed by atoms with Gasteiger partial charge in [-0.2, -0.15) is 13.2 Å². The number of carboxylic acid groups (broad SMARTS) is 1. The van der Waals surface area contributed by atoms with Crippen molar-refractivity contribution < 1.29 is 27.9 Å². The fourth-order valence-corrected chi connectivity index (χ4v) is 2.82. The predicted molar refractivity (Wildman–Crippen MR) is 75.9 cm³/mol. The Labute approximate surface area is 131 Å². The molecule has 1 aromatic rings. The normalized spacial score (nSPS) is 21.7. The molecule has 23 heavy (non-hydrogen) atoms. The standard InChI is InChI=1S/C15H17F3N2O3/c1-9-5-6-12(19-8-9)20(14(23)15(16,17)18)11-4-2-3-10(7-11)13(21)22/h5-6,8,10-11H,2-4,7H2,1H3,(H,21,22)/t10-,11+/m0/s1. The van der Waals surface area contributed by atoms with Crippen molar-refractivity contribution in [1.29, 1.82) is 0 Å². The van der Waals surface area contributed by atoms with Crippen molar-refractivity contribution >= 4 is 17.7 Å². The lowest BCUT2D eigenvalue weighted by Crippen LogP contribution is -2.50. The molecule has 0 radical (unpaired) electrons. The molecular formula is C15H17F3N2O3. The van der Waals surface area contributed by atoms with E-state index in [9.17, 15) is 22.8 Å². The van der Waals surface area contributed by atoms with E-state index in [0.29, 0.717) is 24.2 Å². The summed E-state index contributed by atoms with van der Waals surface area (Å²) in [7, 11) is 0. The first-order valence-corrected chi connectivity index (χ1v) is 7.26. The van der Waals surface area contributed by atoms with Crippen LogP contribution in [0.2, 0.25) is 0 Å². The minimum Gasteiger partial charge on any atom is -0.481 e. The summed E-state index contributed by atoms with van der Waals surface area (Å²) in [6, 6.07) is 2.09. The van der Waals surface area contributed by atoms with Crippen molar-refractivity contribution in [2.75, 3.05) is 4.90 Å². The molecule has 0 saturated heterocycles. The summed E-state index contributed by atoms with van der Waals surface area (Å²) >= 11 is 0. The van der Waals surface area contributed by atoms with Gasteiger partial charge in [-0.05, 0) is 37.8 Å². The average molecular weight is 330 g/mol. The van der Waals surface area contributed by atoms with Gasteiger partial charge in [0.2, 0.25) is 0 Å². The van der Waals surface area contributed by atoms with Gasteiger partial charge in [0.15, 0.2) is 0 Å². The Morgan fingerprint density at radius 3 is 2.52 bits per heavy atom. The summed E-state index contributed by atoms with van der Waals surface area (Å²) in [6.07, 6.45) is -2.49. The molecule has 0 unspecified atom stereocenters. The summed E-state index contributed by atoms with van der Waals surface area (Å²) in [5.41, 5.74) is 0.750. The number of carboxylic acids is 1. The molecule has 1 saturated carbocycles. The zero-order valence-electron chi connectivity index (χ0n) is 12.5. The largest absolute Gasteiger partial charge is 0.481 e. The highest BCUT2D eigenvalue weighted by atomic mass is 19.4. The fraction of sp³-hybridized carbons (Fsp3) is 0.533. The lowest BCUT2D eigenvalue weighted by atomic mass is 9.85. The number of nitrogens with zero attached hydrogens (tertiary/aromatic N) is 2. The Morgan fingerprint density at radius 1 is 1.30 bits per heavy atom. The van der Waals surface area contributed by atoms with E-state index in [4.69, 9.17) is 5.11 Å². The number of pyridine rings is 1. The molecule has 1 aromatic heterocycles. The number of aromatic nitrogens is 1. The molecule has 1 fully saturated rings. The van der Waals surface area contributed by atoms with Crippen LogP contribution in [-0.2, 0) is 9.59 Å². The molecule has 126 valence electrons. The predicted octanol–water partition coefficient (Wildman–Crippen LogP) is 2.93. The molecule has 1 amide bonds. The van der Waals surface area contributed by atoms with E-state index in [-0.39, 0.29) is 12.2 Å². The van der Waals surface area contributed by atoms with Crippen LogP contribution in [0, 0.1) is 12.8 Å². The molecular weight excluding hydrogens is 313 g/mol. The zero-order valence-corrected chi connectivity index (χ0v) is 12.5. The first-order valence-electron chi connectivity index (χ1n) is 7.26. The second kappa shape index (κ2) is 6.55. The number of carbonyl (C=O) groups is 2. The van der Waals surface area contributed by atoms with Crippen molar-refractivity contribution in [3.63, 3.8) is 0 Å². The first kappa shape index (κ1) is 17.2. The van der Waals surface area contributed by atoms with Crippen LogP contribution in [0.5, 0.6) is 0 Å². The van der Waals surface area contributed by atoms with Crippen LogP contribution in [0.3, 0.4) is 0 Å². The van der Waals surface area contributed by atoms with Crippen molar-refractivity contribution in [3.8, 4) is 0 Å². The average Bonchev–Trinajstić information content (AvgIpc) is 2.49. The van der Waals surface area contributed by atoms with Gasteiger partial charge in [0.05, 0.1) is 5.92 Å². The van der Waals surface area contributed by atoms with E-state index < -0.39 is 30.0 Å². The maximum absolute atomic E-state index is 12.9. The molecule has 1 aliphatic rings. The number of hydrogen-bond acceptors (Lipinski definition) is 3. The summed E-state index contributed by atoms with van der Waals surface area (Å²) in [5, 5.41) is 9.10. The molecule has 1 N–H and O–H groups in total. The van der Waals surface area contributed by atoms with Crippen LogP contribution < -0.4 is 4.90 Å². The van der Waals surface area contributed by atoms with Crippen molar-refractivity contribution in [2.24, 2.45) is 5.92 Å². The SMILES string of the molecule is Cc1ccc(N(C(=O)C(F)(F)F)[C@@H]2CCC[C@H](C(=O)O)C2)nc1. The molecule has 1 aliphatic carbocycles. The Kier molecular flexibility index (Phi) is 4.91. The third kappa shape index (κ3) is 4.00. The van der Waals surface area contributed by atoms with Gasteiger partial charge >= 0.3 is 18.1 Å². The van der Waals surface area contributed by atoms with E-state index in [2.05, 4.69) is 4.98 Å². The molecule has 1 heterocycles. The van der Waals surface area contributed by atoms with Gasteiger partial charge in [-0.3, -0.25) is 14.5 Å². The van der Waals surface area contributed by atoms with E-state index in [0.717, 1.165) is 5.56 Å². The van der Waals surface area contributed by atoms with E-state index >= 15 is 0 Å². The quantitative estimate of drug-likeness (QED) is 0.925. The van der Waals surface area contributed by atoms with Gasteiger partial charge in [0.25, 0.3) is 0 Å². The Morgan fingerprint density at radius 2 is 2.00 bits per heavy atom. The number of hydrogen-bond donors (Lipinski definition) is 1. The van der Waals surface area contributed by atoms with Crippen LogP contribution in [0.15, 0.2) is 18.3 Å². The van der Waals surface area contributed by atoms with Crippen LogP contribution >= 0.6 is 0 Å². The third-order valence-corrected chi connectivity index (χ3v) is 3.96. The number of aliphatic carboxylic acids is 1. The molecule has 0 spiro atoms.